The van der Waals surface area contributed by atoms with Gasteiger partial charge < -0.3 is 15.4 Å². The minimum atomic E-state index is -1.25. The predicted molar refractivity (Wildman–Crippen MR) is 97.6 cm³/mol. The summed E-state index contributed by atoms with van der Waals surface area (Å²) in [5, 5.41) is 5.28. The van der Waals surface area contributed by atoms with E-state index in [-0.39, 0.29) is 6.04 Å². The van der Waals surface area contributed by atoms with Crippen LogP contribution in [0.1, 0.15) is 38.3 Å². The van der Waals surface area contributed by atoms with Crippen LogP contribution < -0.4 is 10.6 Å². The van der Waals surface area contributed by atoms with Gasteiger partial charge in [-0.3, -0.25) is 19.3 Å². The van der Waals surface area contributed by atoms with Crippen LogP contribution in [0.2, 0.25) is 0 Å². The number of imide groups is 1. The van der Waals surface area contributed by atoms with Crippen LogP contribution in [0.4, 0.5) is 4.79 Å². The highest BCUT2D eigenvalue weighted by Gasteiger charge is 2.49. The number of hydrogen-bond acceptors (Lipinski definition) is 5. The molecule has 8 heteroatoms. The van der Waals surface area contributed by atoms with Gasteiger partial charge in [0.05, 0.1) is 0 Å². The second-order valence-electron chi connectivity index (χ2n) is 6.85. The number of ether oxygens (including phenoxy) is 1. The highest BCUT2D eigenvalue weighted by molar-refractivity contribution is 6.08. The molecule has 1 aliphatic rings. The lowest BCUT2D eigenvalue weighted by atomic mass is 9.91. The molecule has 1 saturated heterocycles. The van der Waals surface area contributed by atoms with E-state index in [0.29, 0.717) is 5.56 Å². The average molecular weight is 375 g/mol. The fourth-order valence-corrected chi connectivity index (χ4v) is 2.66. The number of rotatable bonds is 7. The van der Waals surface area contributed by atoms with Gasteiger partial charge in [0.2, 0.25) is 0 Å². The first-order valence-corrected chi connectivity index (χ1v) is 8.83. The van der Waals surface area contributed by atoms with Gasteiger partial charge in [0.1, 0.15) is 12.1 Å². The first-order valence-electron chi connectivity index (χ1n) is 8.83. The Hall–Kier alpha value is -2.90. The summed E-state index contributed by atoms with van der Waals surface area (Å²) >= 11 is 0. The van der Waals surface area contributed by atoms with E-state index in [4.69, 9.17) is 4.74 Å². The number of hydrogen-bond donors (Lipinski definition) is 2. The van der Waals surface area contributed by atoms with Crippen LogP contribution in [0, 0.1) is 6.92 Å². The van der Waals surface area contributed by atoms with E-state index >= 15 is 0 Å². The number of amides is 4. The monoisotopic (exact) mass is 375 g/mol. The fourth-order valence-electron chi connectivity index (χ4n) is 2.66. The van der Waals surface area contributed by atoms with Gasteiger partial charge in [-0.1, -0.05) is 36.8 Å². The van der Waals surface area contributed by atoms with Gasteiger partial charge in [-0.25, -0.2) is 4.79 Å². The highest BCUT2D eigenvalue weighted by Crippen LogP contribution is 2.28. The molecule has 4 amide bonds. The number of esters is 1. The topological polar surface area (TPSA) is 105 Å². The molecule has 1 fully saturated rings. The first-order chi connectivity index (χ1) is 12.7. The number of benzene rings is 1. The summed E-state index contributed by atoms with van der Waals surface area (Å²) in [7, 11) is 0. The van der Waals surface area contributed by atoms with Crippen molar-refractivity contribution in [3.63, 3.8) is 0 Å². The van der Waals surface area contributed by atoms with Crippen molar-refractivity contribution >= 4 is 23.8 Å². The molecule has 0 saturated carbocycles. The van der Waals surface area contributed by atoms with Crippen LogP contribution in [0.15, 0.2) is 24.3 Å². The maximum absolute atomic E-state index is 12.7. The SMILES string of the molecule is CC[C@H](C)NC(=O)COC(=O)CN1C(=O)N[C@](C)(c2ccc(C)cc2)C1=O. The van der Waals surface area contributed by atoms with Crippen LogP contribution in [0.25, 0.3) is 0 Å². The molecule has 0 bridgehead atoms. The zero-order valence-electron chi connectivity index (χ0n) is 16.0. The van der Waals surface area contributed by atoms with E-state index in [9.17, 15) is 19.2 Å². The molecule has 146 valence electrons. The zero-order chi connectivity index (χ0) is 20.2. The quantitative estimate of drug-likeness (QED) is 0.551. The summed E-state index contributed by atoms with van der Waals surface area (Å²) < 4.78 is 4.87. The van der Waals surface area contributed by atoms with Gasteiger partial charge >= 0.3 is 12.0 Å². The second kappa shape index (κ2) is 8.20. The van der Waals surface area contributed by atoms with Crippen LogP contribution in [0.3, 0.4) is 0 Å². The molecule has 1 aromatic rings. The molecule has 0 aromatic heterocycles. The normalized spacial score (nSPS) is 20.2. The molecule has 8 nitrogen and oxygen atoms in total. The zero-order valence-corrected chi connectivity index (χ0v) is 16.0. The molecule has 0 unspecified atom stereocenters. The fraction of sp³-hybridized carbons (Fsp3) is 0.474. The van der Waals surface area contributed by atoms with Crippen molar-refractivity contribution in [3.8, 4) is 0 Å². The Morgan fingerprint density at radius 2 is 1.89 bits per heavy atom. The molecule has 1 heterocycles. The average Bonchev–Trinajstić information content (AvgIpc) is 2.84. The lowest BCUT2D eigenvalue weighted by Gasteiger charge is -2.22. The standard InChI is InChI=1S/C19H25N3O5/c1-5-13(3)20-15(23)11-27-16(24)10-22-17(25)19(4,21-18(22)26)14-8-6-12(2)7-9-14/h6-9,13H,5,10-11H2,1-4H3,(H,20,23)(H,21,26)/t13-,19+/m0/s1. The third-order valence-corrected chi connectivity index (χ3v) is 4.58. The molecule has 1 aromatic carbocycles. The maximum Gasteiger partial charge on any atom is 0.326 e. The number of urea groups is 1. The number of carbonyl (C=O) groups is 4. The van der Waals surface area contributed by atoms with E-state index in [1.807, 2.05) is 32.9 Å². The molecule has 2 atom stereocenters. The second-order valence-corrected chi connectivity index (χ2v) is 6.85. The number of carbonyl (C=O) groups excluding carboxylic acids is 4. The third-order valence-electron chi connectivity index (χ3n) is 4.58. The largest absolute Gasteiger partial charge is 0.454 e. The van der Waals surface area contributed by atoms with Crippen LogP contribution in [0.5, 0.6) is 0 Å². The van der Waals surface area contributed by atoms with Crippen molar-refractivity contribution in [1.82, 2.24) is 15.5 Å². The molecule has 0 spiro atoms. The Morgan fingerprint density at radius 3 is 2.48 bits per heavy atom. The Bertz CT molecular complexity index is 746. The molecule has 0 radical (unpaired) electrons. The summed E-state index contributed by atoms with van der Waals surface area (Å²) in [5.41, 5.74) is 0.393. The van der Waals surface area contributed by atoms with Crippen molar-refractivity contribution in [2.45, 2.75) is 45.7 Å². The van der Waals surface area contributed by atoms with Crippen molar-refractivity contribution in [2.75, 3.05) is 13.2 Å². The first kappa shape index (κ1) is 20.4. The number of aryl methyl sites for hydroxylation is 1. The van der Waals surface area contributed by atoms with E-state index in [0.717, 1.165) is 16.9 Å². The van der Waals surface area contributed by atoms with Crippen molar-refractivity contribution in [1.29, 1.82) is 0 Å². The van der Waals surface area contributed by atoms with Crippen LogP contribution >= 0.6 is 0 Å². The smallest absolute Gasteiger partial charge is 0.326 e. The summed E-state index contributed by atoms with van der Waals surface area (Å²) in [6.07, 6.45) is 0.750. The maximum atomic E-state index is 12.7. The Balaban J connectivity index is 1.98. The number of nitrogens with zero attached hydrogens (tertiary/aromatic N) is 1. The van der Waals surface area contributed by atoms with Gasteiger partial charge in [-0.15, -0.1) is 0 Å². The minimum absolute atomic E-state index is 0.0302. The lowest BCUT2D eigenvalue weighted by Crippen LogP contribution is -2.42. The molecule has 2 N–H and O–H groups in total. The van der Waals surface area contributed by atoms with Crippen molar-refractivity contribution < 1.29 is 23.9 Å². The van der Waals surface area contributed by atoms with Gasteiger partial charge in [0.15, 0.2) is 6.61 Å². The lowest BCUT2D eigenvalue weighted by molar-refractivity contribution is -0.151. The summed E-state index contributed by atoms with van der Waals surface area (Å²) in [6.45, 7) is 6.24. The Labute approximate surface area is 158 Å². The third kappa shape index (κ3) is 4.64. The van der Waals surface area contributed by atoms with E-state index in [1.54, 1.807) is 19.1 Å². The molecule has 27 heavy (non-hydrogen) atoms. The molecule has 0 aliphatic carbocycles. The highest BCUT2D eigenvalue weighted by atomic mass is 16.5. The molecular weight excluding hydrogens is 350 g/mol. The summed E-state index contributed by atoms with van der Waals surface area (Å²) in [6, 6.07) is 6.49. The molecular formula is C19H25N3O5. The Morgan fingerprint density at radius 1 is 1.26 bits per heavy atom. The summed E-state index contributed by atoms with van der Waals surface area (Å²) in [5.74, 6) is -1.80. The minimum Gasteiger partial charge on any atom is -0.454 e. The van der Waals surface area contributed by atoms with Gasteiger partial charge in [-0.05, 0) is 32.8 Å². The predicted octanol–water partition coefficient (Wildman–Crippen LogP) is 1.22. The van der Waals surface area contributed by atoms with Gasteiger partial charge in [-0.2, -0.15) is 0 Å². The Kier molecular flexibility index (Phi) is 6.20. The van der Waals surface area contributed by atoms with E-state index < -0.39 is 42.5 Å². The number of nitrogens with one attached hydrogen (secondary N) is 2. The van der Waals surface area contributed by atoms with Crippen LogP contribution in [-0.2, 0) is 24.7 Å². The van der Waals surface area contributed by atoms with E-state index in [2.05, 4.69) is 10.6 Å². The van der Waals surface area contributed by atoms with Crippen LogP contribution in [-0.4, -0.2) is 47.9 Å². The summed E-state index contributed by atoms with van der Waals surface area (Å²) in [4.78, 5) is 49.4. The molecule has 2 rings (SSSR count). The van der Waals surface area contributed by atoms with Gasteiger partial charge in [0.25, 0.3) is 11.8 Å². The van der Waals surface area contributed by atoms with Crippen molar-refractivity contribution in [3.05, 3.63) is 35.4 Å². The van der Waals surface area contributed by atoms with Crippen molar-refractivity contribution in [2.24, 2.45) is 0 Å². The van der Waals surface area contributed by atoms with E-state index in [1.165, 1.54) is 0 Å². The molecule has 1 aliphatic heterocycles. The van der Waals surface area contributed by atoms with Gasteiger partial charge in [0, 0.05) is 6.04 Å².